The SMILES string of the molecule is CC(=O)c1c(Cl)cc([N+](=O)[O-])cc1C(F)F. The Morgan fingerprint density at radius 2 is 2.06 bits per heavy atom. The smallest absolute Gasteiger partial charge is 0.271 e. The first-order valence-corrected chi connectivity index (χ1v) is 4.49. The van der Waals surface area contributed by atoms with Crippen molar-refractivity contribution in [1.29, 1.82) is 0 Å². The van der Waals surface area contributed by atoms with Crippen LogP contribution in [0.4, 0.5) is 14.5 Å². The van der Waals surface area contributed by atoms with Gasteiger partial charge >= 0.3 is 0 Å². The van der Waals surface area contributed by atoms with Gasteiger partial charge in [-0.3, -0.25) is 14.9 Å². The highest BCUT2D eigenvalue weighted by atomic mass is 35.5. The number of benzene rings is 1. The van der Waals surface area contributed by atoms with Crippen molar-refractivity contribution in [3.05, 3.63) is 38.4 Å². The molecular weight excluding hydrogens is 244 g/mol. The lowest BCUT2D eigenvalue weighted by Gasteiger charge is -2.07. The fourth-order valence-electron chi connectivity index (χ4n) is 1.26. The minimum atomic E-state index is -2.99. The highest BCUT2D eigenvalue weighted by Gasteiger charge is 2.23. The molecule has 1 aromatic rings. The molecular formula is C9H6ClF2NO3. The zero-order chi connectivity index (χ0) is 12.5. The average Bonchev–Trinajstić information content (AvgIpc) is 2.15. The van der Waals surface area contributed by atoms with Crippen molar-refractivity contribution in [3.63, 3.8) is 0 Å². The normalized spacial score (nSPS) is 10.6. The molecule has 0 spiro atoms. The van der Waals surface area contributed by atoms with Crippen molar-refractivity contribution < 1.29 is 18.5 Å². The third kappa shape index (κ3) is 2.33. The van der Waals surface area contributed by atoms with Crippen molar-refractivity contribution in [2.75, 3.05) is 0 Å². The summed E-state index contributed by atoms with van der Waals surface area (Å²) in [7, 11) is 0. The van der Waals surface area contributed by atoms with Gasteiger partial charge in [0.05, 0.1) is 9.95 Å². The molecule has 0 atom stereocenters. The Hall–Kier alpha value is -1.56. The van der Waals surface area contributed by atoms with Crippen LogP contribution in [0.5, 0.6) is 0 Å². The molecule has 0 saturated carbocycles. The lowest BCUT2D eigenvalue weighted by Crippen LogP contribution is -2.03. The van der Waals surface area contributed by atoms with Crippen molar-refractivity contribution in [1.82, 2.24) is 0 Å². The van der Waals surface area contributed by atoms with Crippen LogP contribution in [0.15, 0.2) is 12.1 Å². The number of hydrogen-bond donors (Lipinski definition) is 0. The number of ketones is 1. The van der Waals surface area contributed by atoms with Crippen LogP contribution in [0.3, 0.4) is 0 Å². The molecule has 0 bridgehead atoms. The number of nitrogens with zero attached hydrogens (tertiary/aromatic N) is 1. The number of Topliss-reactive ketones (excluding diaryl/α,β-unsaturated/α-hetero) is 1. The third-order valence-electron chi connectivity index (χ3n) is 1.90. The van der Waals surface area contributed by atoms with Crippen molar-refractivity contribution in [3.8, 4) is 0 Å². The molecule has 0 aromatic heterocycles. The quantitative estimate of drug-likeness (QED) is 0.469. The van der Waals surface area contributed by atoms with Gasteiger partial charge < -0.3 is 0 Å². The third-order valence-corrected chi connectivity index (χ3v) is 2.20. The Kier molecular flexibility index (Phi) is 3.54. The molecule has 0 aliphatic carbocycles. The summed E-state index contributed by atoms with van der Waals surface area (Å²) in [6.45, 7) is 1.07. The van der Waals surface area contributed by atoms with Gasteiger partial charge in [-0.1, -0.05) is 11.6 Å². The highest BCUT2D eigenvalue weighted by Crippen LogP contribution is 2.33. The van der Waals surface area contributed by atoms with E-state index >= 15 is 0 Å². The van der Waals surface area contributed by atoms with Gasteiger partial charge in [-0.15, -0.1) is 0 Å². The van der Waals surface area contributed by atoms with E-state index in [0.717, 1.165) is 13.0 Å². The van der Waals surface area contributed by atoms with Crippen LogP contribution in [0.1, 0.15) is 29.3 Å². The molecule has 16 heavy (non-hydrogen) atoms. The van der Waals surface area contributed by atoms with Gasteiger partial charge in [-0.2, -0.15) is 0 Å². The number of non-ortho nitro benzene ring substituents is 1. The Bertz CT molecular complexity index is 462. The molecule has 7 heteroatoms. The predicted molar refractivity (Wildman–Crippen MR) is 53.1 cm³/mol. The second kappa shape index (κ2) is 4.52. The van der Waals surface area contributed by atoms with Gasteiger partial charge in [0.1, 0.15) is 0 Å². The standard InChI is InChI=1S/C9H6ClF2NO3/c1-4(14)8-6(9(11)12)2-5(13(15)16)3-7(8)10/h2-3,9H,1H3. The molecule has 0 aliphatic rings. The molecule has 0 fully saturated rings. The van der Waals surface area contributed by atoms with Gasteiger partial charge in [0.2, 0.25) is 0 Å². The summed E-state index contributed by atoms with van der Waals surface area (Å²) in [6, 6.07) is 1.54. The summed E-state index contributed by atoms with van der Waals surface area (Å²) in [5, 5.41) is 10.1. The molecule has 0 saturated heterocycles. The number of alkyl halides is 2. The van der Waals surface area contributed by atoms with Crippen LogP contribution in [-0.4, -0.2) is 10.7 Å². The molecule has 0 aliphatic heterocycles. The van der Waals surface area contributed by atoms with Crippen molar-refractivity contribution in [2.24, 2.45) is 0 Å². The zero-order valence-corrected chi connectivity index (χ0v) is 8.79. The van der Waals surface area contributed by atoms with E-state index in [0.29, 0.717) is 6.07 Å². The predicted octanol–water partition coefficient (Wildman–Crippen LogP) is 3.39. The molecule has 0 unspecified atom stereocenters. The zero-order valence-electron chi connectivity index (χ0n) is 8.04. The van der Waals surface area contributed by atoms with E-state index in [1.165, 1.54) is 0 Å². The number of halogens is 3. The molecule has 1 rings (SSSR count). The Morgan fingerprint density at radius 1 is 1.50 bits per heavy atom. The second-order valence-electron chi connectivity index (χ2n) is 3.01. The van der Waals surface area contributed by atoms with Crippen molar-refractivity contribution in [2.45, 2.75) is 13.3 Å². The van der Waals surface area contributed by atoms with E-state index < -0.39 is 28.4 Å². The Labute approximate surface area is 94.0 Å². The Morgan fingerprint density at radius 3 is 2.44 bits per heavy atom. The second-order valence-corrected chi connectivity index (χ2v) is 3.41. The lowest BCUT2D eigenvalue weighted by atomic mass is 10.0. The summed E-state index contributed by atoms with van der Waals surface area (Å²) in [5.74, 6) is -0.657. The number of nitro benzene ring substituents is 1. The summed E-state index contributed by atoms with van der Waals surface area (Å²) in [6.07, 6.45) is -2.99. The number of nitro groups is 1. The summed E-state index contributed by atoms with van der Waals surface area (Å²) in [4.78, 5) is 20.7. The van der Waals surface area contributed by atoms with Crippen LogP contribution < -0.4 is 0 Å². The van der Waals surface area contributed by atoms with Crippen LogP contribution in [0, 0.1) is 10.1 Å². The molecule has 0 heterocycles. The highest BCUT2D eigenvalue weighted by molar-refractivity contribution is 6.34. The number of rotatable bonds is 3. The fraction of sp³-hybridized carbons (Fsp3) is 0.222. The van der Waals surface area contributed by atoms with Crippen LogP contribution >= 0.6 is 11.6 Å². The number of hydrogen-bond acceptors (Lipinski definition) is 3. The summed E-state index contributed by atoms with van der Waals surface area (Å²) < 4.78 is 25.2. The summed E-state index contributed by atoms with van der Waals surface area (Å²) in [5.41, 5.74) is -1.65. The van der Waals surface area contributed by atoms with E-state index in [9.17, 15) is 23.7 Å². The van der Waals surface area contributed by atoms with Gasteiger partial charge in [0, 0.05) is 23.3 Å². The van der Waals surface area contributed by atoms with Crippen molar-refractivity contribution >= 4 is 23.1 Å². The first-order chi connectivity index (χ1) is 7.34. The average molecular weight is 250 g/mol. The van der Waals surface area contributed by atoms with E-state index in [1.807, 2.05) is 0 Å². The molecule has 1 aromatic carbocycles. The van der Waals surface area contributed by atoms with Gasteiger partial charge in [0.25, 0.3) is 12.1 Å². The lowest BCUT2D eigenvalue weighted by molar-refractivity contribution is -0.385. The van der Waals surface area contributed by atoms with Crippen LogP contribution in [-0.2, 0) is 0 Å². The maximum absolute atomic E-state index is 12.6. The number of carbonyl (C=O) groups is 1. The van der Waals surface area contributed by atoms with E-state index in [2.05, 4.69) is 0 Å². The monoisotopic (exact) mass is 249 g/mol. The molecule has 0 amide bonds. The first-order valence-electron chi connectivity index (χ1n) is 4.11. The summed E-state index contributed by atoms with van der Waals surface area (Å²) >= 11 is 5.56. The van der Waals surface area contributed by atoms with Gasteiger partial charge in [0.15, 0.2) is 5.78 Å². The molecule has 0 radical (unpaired) electrons. The largest absolute Gasteiger partial charge is 0.294 e. The molecule has 0 N–H and O–H groups in total. The van der Waals surface area contributed by atoms with E-state index in [4.69, 9.17) is 11.6 Å². The van der Waals surface area contributed by atoms with Crippen LogP contribution in [0.25, 0.3) is 0 Å². The Balaban J connectivity index is 3.51. The fourth-order valence-corrected chi connectivity index (χ4v) is 1.62. The van der Waals surface area contributed by atoms with Gasteiger partial charge in [-0.05, 0) is 6.92 Å². The maximum atomic E-state index is 12.6. The molecule has 4 nitrogen and oxygen atoms in total. The van der Waals surface area contributed by atoms with E-state index in [1.54, 1.807) is 0 Å². The minimum absolute atomic E-state index is 0.336. The topological polar surface area (TPSA) is 60.2 Å². The maximum Gasteiger partial charge on any atom is 0.271 e. The van der Waals surface area contributed by atoms with E-state index in [-0.39, 0.29) is 10.6 Å². The molecule has 86 valence electrons. The minimum Gasteiger partial charge on any atom is -0.294 e. The first kappa shape index (κ1) is 12.5. The number of carbonyl (C=O) groups excluding carboxylic acids is 1. The van der Waals surface area contributed by atoms with Crippen LogP contribution in [0.2, 0.25) is 5.02 Å². The van der Waals surface area contributed by atoms with Gasteiger partial charge in [-0.25, -0.2) is 8.78 Å².